The van der Waals surface area contributed by atoms with E-state index in [4.69, 9.17) is 4.42 Å². The Kier molecular flexibility index (Phi) is 7.78. The molecule has 0 fully saturated rings. The van der Waals surface area contributed by atoms with Crippen LogP contribution in [0.3, 0.4) is 0 Å². The van der Waals surface area contributed by atoms with Crippen LogP contribution in [0.15, 0.2) is 17.0 Å². The van der Waals surface area contributed by atoms with E-state index in [-0.39, 0.29) is 0 Å². The van der Waals surface area contributed by atoms with Gasteiger partial charge in [0, 0.05) is 6.42 Å². The third-order valence-corrected chi connectivity index (χ3v) is 3.41. The Balaban J connectivity index is 2.26. The van der Waals surface area contributed by atoms with Gasteiger partial charge in [0.05, 0.1) is 6.20 Å². The van der Waals surface area contributed by atoms with E-state index in [1.165, 1.54) is 51.4 Å². The molecule has 1 unspecified atom stereocenters. The van der Waals surface area contributed by atoms with Gasteiger partial charge in [-0.15, -0.1) is 0 Å². The maximum atomic E-state index is 5.36. The van der Waals surface area contributed by atoms with Crippen molar-refractivity contribution in [3.63, 3.8) is 0 Å². The van der Waals surface area contributed by atoms with E-state index in [1.54, 1.807) is 6.39 Å². The van der Waals surface area contributed by atoms with Gasteiger partial charge in [0.15, 0.2) is 6.39 Å². The maximum Gasteiger partial charge on any atom is 0.180 e. The molecular weight excluding hydrogens is 210 g/mol. The van der Waals surface area contributed by atoms with Crippen LogP contribution in [0, 0.1) is 5.92 Å². The zero-order valence-electron chi connectivity index (χ0n) is 11.5. The molecule has 1 aromatic heterocycles. The second-order valence-electron chi connectivity index (χ2n) is 5.03. The standard InChI is InChI=1S/C15H27NO/c1-3-5-7-8-10-14(9-6-4-2)11-15-12-16-13-17-15/h12-14H,3-11H2,1-2H3. The van der Waals surface area contributed by atoms with E-state index in [9.17, 15) is 0 Å². The summed E-state index contributed by atoms with van der Waals surface area (Å²) < 4.78 is 5.36. The van der Waals surface area contributed by atoms with E-state index in [0.29, 0.717) is 0 Å². The highest BCUT2D eigenvalue weighted by atomic mass is 16.3. The van der Waals surface area contributed by atoms with Crippen molar-refractivity contribution < 1.29 is 4.42 Å². The molecule has 1 heterocycles. The van der Waals surface area contributed by atoms with E-state index in [1.807, 2.05) is 6.20 Å². The van der Waals surface area contributed by atoms with Gasteiger partial charge in [-0.2, -0.15) is 0 Å². The molecule has 2 nitrogen and oxygen atoms in total. The molecule has 0 aliphatic carbocycles. The van der Waals surface area contributed by atoms with Gasteiger partial charge < -0.3 is 4.42 Å². The normalized spacial score (nSPS) is 12.8. The summed E-state index contributed by atoms with van der Waals surface area (Å²) in [6.45, 7) is 4.53. The monoisotopic (exact) mass is 237 g/mol. The van der Waals surface area contributed by atoms with Crippen molar-refractivity contribution >= 4 is 0 Å². The molecule has 0 aromatic carbocycles. The molecule has 0 saturated heterocycles. The molecular formula is C15H27NO. The number of aromatic nitrogens is 1. The lowest BCUT2D eigenvalue weighted by Gasteiger charge is -2.14. The minimum Gasteiger partial charge on any atom is -0.449 e. The van der Waals surface area contributed by atoms with Gasteiger partial charge >= 0.3 is 0 Å². The van der Waals surface area contributed by atoms with Crippen molar-refractivity contribution in [3.05, 3.63) is 18.4 Å². The number of rotatable bonds is 10. The maximum absolute atomic E-state index is 5.36. The van der Waals surface area contributed by atoms with Crippen molar-refractivity contribution in [2.75, 3.05) is 0 Å². The molecule has 1 atom stereocenters. The van der Waals surface area contributed by atoms with Gasteiger partial charge in [0.1, 0.15) is 5.76 Å². The molecule has 0 N–H and O–H groups in total. The highest BCUT2D eigenvalue weighted by molar-refractivity contribution is 4.90. The third-order valence-electron chi connectivity index (χ3n) is 3.41. The average molecular weight is 237 g/mol. The van der Waals surface area contributed by atoms with Gasteiger partial charge in [0.2, 0.25) is 0 Å². The van der Waals surface area contributed by atoms with Crippen LogP contribution in [-0.4, -0.2) is 4.98 Å². The fraction of sp³-hybridized carbons (Fsp3) is 0.800. The van der Waals surface area contributed by atoms with Crippen molar-refractivity contribution in [2.45, 2.75) is 71.6 Å². The van der Waals surface area contributed by atoms with Crippen molar-refractivity contribution in [3.8, 4) is 0 Å². The zero-order chi connectivity index (χ0) is 12.3. The quantitative estimate of drug-likeness (QED) is 0.535. The van der Waals surface area contributed by atoms with Crippen LogP contribution in [0.5, 0.6) is 0 Å². The zero-order valence-corrected chi connectivity index (χ0v) is 11.5. The average Bonchev–Trinajstić information content (AvgIpc) is 2.84. The summed E-state index contributed by atoms with van der Waals surface area (Å²) in [5.41, 5.74) is 0. The highest BCUT2D eigenvalue weighted by Crippen LogP contribution is 2.21. The Morgan fingerprint density at radius 3 is 2.47 bits per heavy atom. The summed E-state index contributed by atoms with van der Waals surface area (Å²) in [6, 6.07) is 0. The summed E-state index contributed by atoms with van der Waals surface area (Å²) in [7, 11) is 0. The summed E-state index contributed by atoms with van der Waals surface area (Å²) in [4.78, 5) is 4.00. The second-order valence-corrected chi connectivity index (χ2v) is 5.03. The number of unbranched alkanes of at least 4 members (excludes halogenated alkanes) is 4. The van der Waals surface area contributed by atoms with E-state index < -0.39 is 0 Å². The first-order valence-electron chi connectivity index (χ1n) is 7.24. The molecule has 0 spiro atoms. The Bertz CT molecular complexity index is 256. The van der Waals surface area contributed by atoms with Crippen molar-refractivity contribution in [1.82, 2.24) is 4.98 Å². The Morgan fingerprint density at radius 1 is 1.06 bits per heavy atom. The second kappa shape index (κ2) is 9.26. The topological polar surface area (TPSA) is 26.0 Å². The minimum atomic E-state index is 0.791. The van der Waals surface area contributed by atoms with Crippen LogP contribution in [0.1, 0.15) is 71.0 Å². The fourth-order valence-corrected chi connectivity index (χ4v) is 2.33. The molecule has 0 aliphatic rings. The minimum absolute atomic E-state index is 0.791. The Morgan fingerprint density at radius 2 is 1.82 bits per heavy atom. The van der Waals surface area contributed by atoms with Crippen LogP contribution in [0.2, 0.25) is 0 Å². The predicted octanol–water partition coefficient (Wildman–Crippen LogP) is 4.99. The van der Waals surface area contributed by atoms with Gasteiger partial charge in [-0.1, -0.05) is 65.2 Å². The molecule has 0 saturated carbocycles. The molecule has 0 bridgehead atoms. The molecule has 0 aliphatic heterocycles. The van der Waals surface area contributed by atoms with Crippen molar-refractivity contribution in [2.24, 2.45) is 5.92 Å². The lowest BCUT2D eigenvalue weighted by Crippen LogP contribution is -2.04. The summed E-state index contributed by atoms with van der Waals surface area (Å²) in [5.74, 6) is 1.85. The molecule has 1 aromatic rings. The first kappa shape index (κ1) is 14.3. The predicted molar refractivity (Wildman–Crippen MR) is 72.0 cm³/mol. The van der Waals surface area contributed by atoms with Gasteiger partial charge in [-0.25, -0.2) is 4.98 Å². The third kappa shape index (κ3) is 6.50. The number of hydrogen-bond donors (Lipinski definition) is 0. The molecule has 0 amide bonds. The van der Waals surface area contributed by atoms with Crippen molar-refractivity contribution in [1.29, 1.82) is 0 Å². The first-order chi connectivity index (χ1) is 8.36. The van der Waals surface area contributed by atoms with E-state index >= 15 is 0 Å². The van der Waals surface area contributed by atoms with Crippen LogP contribution >= 0.6 is 0 Å². The molecule has 17 heavy (non-hydrogen) atoms. The largest absolute Gasteiger partial charge is 0.449 e. The molecule has 0 radical (unpaired) electrons. The SMILES string of the molecule is CCCCCCC(CCCC)Cc1cnco1. The summed E-state index contributed by atoms with van der Waals surface area (Å²) >= 11 is 0. The van der Waals surface area contributed by atoms with Gasteiger partial charge in [0.25, 0.3) is 0 Å². The van der Waals surface area contributed by atoms with Crippen LogP contribution in [-0.2, 0) is 6.42 Å². The number of nitrogens with zero attached hydrogens (tertiary/aromatic N) is 1. The van der Waals surface area contributed by atoms with E-state index in [2.05, 4.69) is 18.8 Å². The lowest BCUT2D eigenvalue weighted by molar-refractivity contribution is 0.374. The van der Waals surface area contributed by atoms with Gasteiger partial charge in [-0.05, 0) is 5.92 Å². The fourth-order valence-electron chi connectivity index (χ4n) is 2.33. The summed E-state index contributed by atoms with van der Waals surface area (Å²) in [6.07, 6.45) is 15.3. The van der Waals surface area contributed by atoms with Crippen LogP contribution < -0.4 is 0 Å². The lowest BCUT2D eigenvalue weighted by atomic mass is 9.91. The molecule has 1 rings (SSSR count). The van der Waals surface area contributed by atoms with E-state index in [0.717, 1.165) is 18.1 Å². The highest BCUT2D eigenvalue weighted by Gasteiger charge is 2.11. The summed E-state index contributed by atoms with van der Waals surface area (Å²) in [5, 5.41) is 0. The Hall–Kier alpha value is -0.790. The first-order valence-corrected chi connectivity index (χ1v) is 7.24. The molecule has 98 valence electrons. The van der Waals surface area contributed by atoms with Crippen LogP contribution in [0.25, 0.3) is 0 Å². The molecule has 2 heteroatoms. The number of hydrogen-bond acceptors (Lipinski definition) is 2. The van der Waals surface area contributed by atoms with Gasteiger partial charge in [-0.3, -0.25) is 0 Å². The van der Waals surface area contributed by atoms with Crippen LogP contribution in [0.4, 0.5) is 0 Å². The Labute approximate surface area is 106 Å². The smallest absolute Gasteiger partial charge is 0.180 e. The number of oxazole rings is 1.